The minimum atomic E-state index is -0.736. The summed E-state index contributed by atoms with van der Waals surface area (Å²) in [6.07, 6.45) is 1.01. The summed E-state index contributed by atoms with van der Waals surface area (Å²) in [7, 11) is 0. The van der Waals surface area contributed by atoms with Gasteiger partial charge in [-0.1, -0.05) is 48.0 Å². The van der Waals surface area contributed by atoms with Gasteiger partial charge in [-0.3, -0.25) is 4.98 Å². The Balaban J connectivity index is 2.07. The van der Waals surface area contributed by atoms with Crippen LogP contribution in [0.4, 0.5) is 0 Å². The summed E-state index contributed by atoms with van der Waals surface area (Å²) in [6, 6.07) is 17.0. The van der Waals surface area contributed by atoms with Crippen LogP contribution in [-0.4, -0.2) is 10.1 Å². The third-order valence-electron chi connectivity index (χ3n) is 3.15. The second-order valence-electron chi connectivity index (χ2n) is 4.38. The Morgan fingerprint density at radius 3 is 2.68 bits per heavy atom. The van der Waals surface area contributed by atoms with E-state index in [-0.39, 0.29) is 0 Å². The van der Waals surface area contributed by atoms with Gasteiger partial charge in [-0.25, -0.2) is 0 Å². The Kier molecular flexibility index (Phi) is 3.20. The topological polar surface area (TPSA) is 33.1 Å². The lowest BCUT2D eigenvalue weighted by molar-refractivity contribution is 0.220. The van der Waals surface area contributed by atoms with Crippen molar-refractivity contribution in [1.82, 2.24) is 4.98 Å². The minimum Gasteiger partial charge on any atom is -0.384 e. The van der Waals surface area contributed by atoms with Crippen molar-refractivity contribution >= 4 is 22.5 Å². The molecule has 3 aromatic rings. The maximum absolute atomic E-state index is 10.4. The van der Waals surface area contributed by atoms with E-state index >= 15 is 0 Å². The number of benzene rings is 2. The van der Waals surface area contributed by atoms with Gasteiger partial charge in [0.05, 0.1) is 5.52 Å². The average Bonchev–Trinajstić information content (AvgIpc) is 2.46. The Hall–Kier alpha value is -1.90. The summed E-state index contributed by atoms with van der Waals surface area (Å²) < 4.78 is 0. The molecule has 2 aromatic carbocycles. The van der Waals surface area contributed by atoms with Crippen molar-refractivity contribution in [2.75, 3.05) is 0 Å². The summed E-state index contributed by atoms with van der Waals surface area (Å²) in [5.74, 6) is 0. The summed E-state index contributed by atoms with van der Waals surface area (Å²) >= 11 is 6.11. The van der Waals surface area contributed by atoms with Gasteiger partial charge in [0, 0.05) is 22.2 Å². The van der Waals surface area contributed by atoms with Crippen LogP contribution in [-0.2, 0) is 0 Å². The van der Waals surface area contributed by atoms with Crippen molar-refractivity contribution in [1.29, 1.82) is 0 Å². The summed E-state index contributed by atoms with van der Waals surface area (Å²) in [4.78, 5) is 4.30. The van der Waals surface area contributed by atoms with Gasteiger partial charge in [-0.2, -0.15) is 0 Å². The first kappa shape index (κ1) is 12.2. The van der Waals surface area contributed by atoms with Gasteiger partial charge in [0.2, 0.25) is 0 Å². The first-order valence-electron chi connectivity index (χ1n) is 6.03. The second-order valence-corrected chi connectivity index (χ2v) is 4.79. The fourth-order valence-electron chi connectivity index (χ4n) is 2.13. The van der Waals surface area contributed by atoms with Crippen LogP contribution >= 0.6 is 11.6 Å². The Bertz CT molecular complexity index is 727. The molecule has 3 heteroatoms. The third kappa shape index (κ3) is 2.33. The molecular weight excluding hydrogens is 258 g/mol. The molecule has 1 heterocycles. The molecule has 0 amide bonds. The van der Waals surface area contributed by atoms with E-state index in [0.29, 0.717) is 10.6 Å². The summed E-state index contributed by atoms with van der Waals surface area (Å²) in [6.45, 7) is 0. The second kappa shape index (κ2) is 5.00. The van der Waals surface area contributed by atoms with E-state index in [1.54, 1.807) is 12.3 Å². The molecule has 0 saturated heterocycles. The Labute approximate surface area is 116 Å². The molecule has 0 saturated carbocycles. The molecule has 0 radical (unpaired) electrons. The number of rotatable bonds is 2. The van der Waals surface area contributed by atoms with Gasteiger partial charge >= 0.3 is 0 Å². The van der Waals surface area contributed by atoms with E-state index < -0.39 is 6.10 Å². The van der Waals surface area contributed by atoms with Crippen LogP contribution in [0.25, 0.3) is 10.9 Å². The average molecular weight is 270 g/mol. The largest absolute Gasteiger partial charge is 0.384 e. The van der Waals surface area contributed by atoms with E-state index in [0.717, 1.165) is 16.5 Å². The SMILES string of the molecule is OC(c1ccc2cccnc2c1)c1ccccc1Cl. The van der Waals surface area contributed by atoms with Gasteiger partial charge in [0.1, 0.15) is 6.10 Å². The van der Waals surface area contributed by atoms with Crippen LogP contribution in [0.1, 0.15) is 17.2 Å². The number of hydrogen-bond donors (Lipinski definition) is 1. The normalized spacial score (nSPS) is 12.5. The maximum atomic E-state index is 10.4. The van der Waals surface area contributed by atoms with Gasteiger partial charge < -0.3 is 5.11 Å². The molecule has 0 aliphatic rings. The molecule has 0 aliphatic heterocycles. The molecule has 1 unspecified atom stereocenters. The highest BCUT2D eigenvalue weighted by Crippen LogP contribution is 2.29. The number of hydrogen-bond acceptors (Lipinski definition) is 2. The quantitative estimate of drug-likeness (QED) is 0.764. The van der Waals surface area contributed by atoms with Crippen LogP contribution < -0.4 is 0 Å². The molecule has 2 nitrogen and oxygen atoms in total. The summed E-state index contributed by atoms with van der Waals surface area (Å²) in [5.41, 5.74) is 2.37. The first-order valence-corrected chi connectivity index (χ1v) is 6.41. The maximum Gasteiger partial charge on any atom is 0.106 e. The first-order chi connectivity index (χ1) is 9.25. The zero-order valence-electron chi connectivity index (χ0n) is 10.1. The molecule has 0 spiro atoms. The van der Waals surface area contributed by atoms with Crippen LogP contribution in [0.3, 0.4) is 0 Å². The number of fused-ring (bicyclic) bond motifs is 1. The van der Waals surface area contributed by atoms with E-state index in [1.165, 1.54) is 0 Å². The Morgan fingerprint density at radius 1 is 1.00 bits per heavy atom. The number of nitrogens with zero attached hydrogens (tertiary/aromatic N) is 1. The fraction of sp³-hybridized carbons (Fsp3) is 0.0625. The third-order valence-corrected chi connectivity index (χ3v) is 3.49. The van der Waals surface area contributed by atoms with Crippen LogP contribution in [0.5, 0.6) is 0 Å². The Morgan fingerprint density at radius 2 is 1.84 bits per heavy atom. The molecule has 94 valence electrons. The fourth-order valence-corrected chi connectivity index (χ4v) is 2.37. The molecule has 3 rings (SSSR count). The van der Waals surface area contributed by atoms with E-state index in [2.05, 4.69) is 4.98 Å². The van der Waals surface area contributed by atoms with Crippen LogP contribution in [0.2, 0.25) is 5.02 Å². The van der Waals surface area contributed by atoms with Crippen molar-refractivity contribution in [3.63, 3.8) is 0 Å². The van der Waals surface area contributed by atoms with Crippen molar-refractivity contribution in [2.45, 2.75) is 6.10 Å². The number of aliphatic hydroxyl groups is 1. The van der Waals surface area contributed by atoms with Gasteiger partial charge in [0.15, 0.2) is 0 Å². The van der Waals surface area contributed by atoms with Crippen molar-refractivity contribution < 1.29 is 5.11 Å². The summed E-state index contributed by atoms with van der Waals surface area (Å²) in [5, 5.41) is 12.0. The number of halogens is 1. The minimum absolute atomic E-state index is 0.566. The molecule has 0 fully saturated rings. The van der Waals surface area contributed by atoms with Crippen molar-refractivity contribution in [3.8, 4) is 0 Å². The van der Waals surface area contributed by atoms with Crippen LogP contribution in [0, 0.1) is 0 Å². The molecule has 1 N–H and O–H groups in total. The molecule has 0 aliphatic carbocycles. The lowest BCUT2D eigenvalue weighted by atomic mass is 10.0. The predicted octanol–water partition coefficient (Wildman–Crippen LogP) is 3.97. The monoisotopic (exact) mass is 269 g/mol. The van der Waals surface area contributed by atoms with E-state index in [4.69, 9.17) is 11.6 Å². The van der Waals surface area contributed by atoms with Crippen molar-refractivity contribution in [2.24, 2.45) is 0 Å². The molecular formula is C16H12ClNO. The number of aliphatic hydroxyl groups excluding tert-OH is 1. The highest BCUT2D eigenvalue weighted by Gasteiger charge is 2.13. The predicted molar refractivity (Wildman–Crippen MR) is 77.3 cm³/mol. The number of pyridine rings is 1. The highest BCUT2D eigenvalue weighted by molar-refractivity contribution is 6.31. The molecule has 1 aromatic heterocycles. The standard InChI is InChI=1S/C16H12ClNO/c17-14-6-2-1-5-13(14)16(19)12-8-7-11-4-3-9-18-15(11)10-12/h1-10,16,19H. The van der Waals surface area contributed by atoms with Gasteiger partial charge in [-0.05, 0) is 23.8 Å². The number of aromatic nitrogens is 1. The smallest absolute Gasteiger partial charge is 0.106 e. The van der Waals surface area contributed by atoms with Crippen molar-refractivity contribution in [3.05, 3.63) is 76.9 Å². The zero-order chi connectivity index (χ0) is 13.2. The lowest BCUT2D eigenvalue weighted by Crippen LogP contribution is -2.00. The molecule has 0 bridgehead atoms. The van der Waals surface area contributed by atoms with E-state index in [1.807, 2.05) is 48.5 Å². The van der Waals surface area contributed by atoms with Gasteiger partial charge in [-0.15, -0.1) is 0 Å². The lowest BCUT2D eigenvalue weighted by Gasteiger charge is -2.13. The highest BCUT2D eigenvalue weighted by atomic mass is 35.5. The van der Waals surface area contributed by atoms with E-state index in [9.17, 15) is 5.11 Å². The zero-order valence-corrected chi connectivity index (χ0v) is 10.9. The molecule has 1 atom stereocenters. The molecule has 19 heavy (non-hydrogen) atoms. The van der Waals surface area contributed by atoms with Gasteiger partial charge in [0.25, 0.3) is 0 Å². The van der Waals surface area contributed by atoms with Crippen LogP contribution in [0.15, 0.2) is 60.8 Å².